The average Bonchev–Trinajstić information content (AvgIpc) is 2.90. The summed E-state index contributed by atoms with van der Waals surface area (Å²) in [6.07, 6.45) is 0. The van der Waals surface area contributed by atoms with Crippen LogP contribution in [-0.4, -0.2) is 18.0 Å². The fourth-order valence-electron chi connectivity index (χ4n) is 2.53. The highest BCUT2D eigenvalue weighted by Gasteiger charge is 2.15. The Morgan fingerprint density at radius 3 is 2.65 bits per heavy atom. The Bertz CT molecular complexity index is 853. The minimum atomic E-state index is -0.291. The van der Waals surface area contributed by atoms with Gasteiger partial charge in [-0.1, -0.05) is 12.1 Å². The Morgan fingerprint density at radius 2 is 1.96 bits per heavy atom. The summed E-state index contributed by atoms with van der Waals surface area (Å²) in [6.45, 7) is 2.24. The predicted molar refractivity (Wildman–Crippen MR) is 87.2 cm³/mol. The fraction of sp³-hybridized carbons (Fsp3) is 0.167. The summed E-state index contributed by atoms with van der Waals surface area (Å²) in [5.41, 5.74) is 3.12. The van der Waals surface area contributed by atoms with Gasteiger partial charge in [0.2, 0.25) is 0 Å². The van der Waals surface area contributed by atoms with Crippen molar-refractivity contribution < 1.29 is 13.9 Å². The fourth-order valence-corrected chi connectivity index (χ4v) is 2.53. The Kier molecular flexibility index (Phi) is 4.02. The number of nitrogens with one attached hydrogen (secondary N) is 2. The molecule has 0 spiro atoms. The number of hydrogen-bond acceptors (Lipinski definition) is 2. The minimum absolute atomic E-state index is 0.193. The quantitative estimate of drug-likeness (QED) is 0.774. The van der Waals surface area contributed by atoms with Crippen LogP contribution in [0.1, 0.15) is 21.6 Å². The van der Waals surface area contributed by atoms with Crippen LogP contribution >= 0.6 is 0 Å². The second kappa shape index (κ2) is 6.12. The van der Waals surface area contributed by atoms with Crippen molar-refractivity contribution in [3.8, 4) is 5.75 Å². The first-order valence-electron chi connectivity index (χ1n) is 7.27. The van der Waals surface area contributed by atoms with Crippen LogP contribution in [0.15, 0.2) is 42.5 Å². The van der Waals surface area contributed by atoms with E-state index in [1.165, 1.54) is 12.1 Å². The monoisotopic (exact) mass is 312 g/mol. The number of fused-ring (bicyclic) bond motifs is 1. The van der Waals surface area contributed by atoms with E-state index < -0.39 is 0 Å². The maximum atomic E-state index is 12.9. The number of methoxy groups -OCH3 is 1. The first-order chi connectivity index (χ1) is 11.1. The summed E-state index contributed by atoms with van der Waals surface area (Å²) >= 11 is 0. The van der Waals surface area contributed by atoms with Crippen molar-refractivity contribution in [2.45, 2.75) is 13.5 Å². The van der Waals surface area contributed by atoms with Gasteiger partial charge in [-0.15, -0.1) is 0 Å². The van der Waals surface area contributed by atoms with E-state index >= 15 is 0 Å². The molecule has 2 N–H and O–H groups in total. The topological polar surface area (TPSA) is 54.1 Å². The number of aromatic nitrogens is 1. The number of amides is 1. The van der Waals surface area contributed by atoms with Gasteiger partial charge in [0.05, 0.1) is 7.11 Å². The molecule has 0 aliphatic carbocycles. The van der Waals surface area contributed by atoms with Gasteiger partial charge in [0.1, 0.15) is 17.3 Å². The van der Waals surface area contributed by atoms with E-state index in [-0.39, 0.29) is 11.7 Å². The highest BCUT2D eigenvalue weighted by molar-refractivity contribution is 6.01. The summed E-state index contributed by atoms with van der Waals surface area (Å²) in [4.78, 5) is 15.5. The van der Waals surface area contributed by atoms with E-state index in [0.717, 1.165) is 27.8 Å². The van der Waals surface area contributed by atoms with Crippen LogP contribution in [0.4, 0.5) is 4.39 Å². The van der Waals surface area contributed by atoms with Gasteiger partial charge in [0.25, 0.3) is 5.91 Å². The number of carbonyl (C=O) groups excluding carboxylic acids is 1. The molecule has 0 aliphatic heterocycles. The number of halogens is 1. The standard InChI is InChI=1S/C18H17FN2O2/c1-11-15-9-14(23-2)7-8-16(15)21-17(11)18(22)20-10-12-3-5-13(19)6-4-12/h3-9,21H,10H2,1-2H3,(H,20,22). The van der Waals surface area contributed by atoms with Crippen LogP contribution in [0.3, 0.4) is 0 Å². The summed E-state index contributed by atoms with van der Waals surface area (Å²) in [6, 6.07) is 11.7. The molecule has 2 aromatic carbocycles. The van der Waals surface area contributed by atoms with Crippen molar-refractivity contribution in [3.05, 3.63) is 65.1 Å². The molecule has 0 aliphatic rings. The highest BCUT2D eigenvalue weighted by Crippen LogP contribution is 2.25. The molecule has 0 saturated heterocycles. The van der Waals surface area contributed by atoms with E-state index in [4.69, 9.17) is 4.74 Å². The SMILES string of the molecule is COc1ccc2[nH]c(C(=O)NCc3ccc(F)cc3)c(C)c2c1. The molecule has 0 bridgehead atoms. The maximum Gasteiger partial charge on any atom is 0.268 e. The molecule has 118 valence electrons. The number of aryl methyl sites for hydroxylation is 1. The number of benzene rings is 2. The Morgan fingerprint density at radius 1 is 1.22 bits per heavy atom. The van der Waals surface area contributed by atoms with Crippen LogP contribution in [0.25, 0.3) is 10.9 Å². The maximum absolute atomic E-state index is 12.9. The third kappa shape index (κ3) is 3.04. The molecule has 0 fully saturated rings. The molecule has 1 heterocycles. The van der Waals surface area contributed by atoms with Crippen LogP contribution < -0.4 is 10.1 Å². The van der Waals surface area contributed by atoms with Crippen LogP contribution in [0.5, 0.6) is 5.75 Å². The van der Waals surface area contributed by atoms with Crippen molar-refractivity contribution in [1.29, 1.82) is 0 Å². The Balaban J connectivity index is 1.80. The van der Waals surface area contributed by atoms with Crippen LogP contribution in [-0.2, 0) is 6.54 Å². The second-order valence-corrected chi connectivity index (χ2v) is 5.35. The molecule has 1 amide bonds. The van der Waals surface area contributed by atoms with Crippen molar-refractivity contribution in [1.82, 2.24) is 10.3 Å². The zero-order valence-electron chi connectivity index (χ0n) is 12.9. The molecular formula is C18H17FN2O2. The molecule has 0 radical (unpaired) electrons. The van der Waals surface area contributed by atoms with Gasteiger partial charge in [-0.25, -0.2) is 4.39 Å². The lowest BCUT2D eigenvalue weighted by Gasteiger charge is -2.05. The molecule has 1 aromatic heterocycles. The van der Waals surface area contributed by atoms with Gasteiger partial charge in [-0.2, -0.15) is 0 Å². The van der Waals surface area contributed by atoms with Crippen molar-refractivity contribution >= 4 is 16.8 Å². The lowest BCUT2D eigenvalue weighted by molar-refractivity contribution is 0.0946. The van der Waals surface area contributed by atoms with Gasteiger partial charge in [-0.3, -0.25) is 4.79 Å². The summed E-state index contributed by atoms with van der Waals surface area (Å²) in [5.74, 6) is 0.264. The van der Waals surface area contributed by atoms with E-state index in [0.29, 0.717) is 12.2 Å². The van der Waals surface area contributed by atoms with Crippen molar-refractivity contribution in [2.75, 3.05) is 7.11 Å². The van der Waals surface area contributed by atoms with E-state index in [2.05, 4.69) is 10.3 Å². The lowest BCUT2D eigenvalue weighted by atomic mass is 10.1. The predicted octanol–water partition coefficient (Wildman–Crippen LogP) is 3.55. The second-order valence-electron chi connectivity index (χ2n) is 5.35. The van der Waals surface area contributed by atoms with Gasteiger partial charge >= 0.3 is 0 Å². The summed E-state index contributed by atoms with van der Waals surface area (Å²) < 4.78 is 18.1. The third-order valence-electron chi connectivity index (χ3n) is 3.86. The Hall–Kier alpha value is -2.82. The summed E-state index contributed by atoms with van der Waals surface area (Å²) in [5, 5.41) is 3.80. The molecule has 0 unspecified atom stereocenters. The van der Waals surface area contributed by atoms with E-state index in [1.807, 2.05) is 25.1 Å². The molecule has 4 nitrogen and oxygen atoms in total. The average molecular weight is 312 g/mol. The largest absolute Gasteiger partial charge is 0.497 e. The zero-order valence-corrected chi connectivity index (χ0v) is 12.9. The number of rotatable bonds is 4. The normalized spacial score (nSPS) is 10.7. The Labute approximate surface area is 133 Å². The number of H-pyrrole nitrogens is 1. The third-order valence-corrected chi connectivity index (χ3v) is 3.86. The zero-order chi connectivity index (χ0) is 16.4. The smallest absolute Gasteiger partial charge is 0.268 e. The van der Waals surface area contributed by atoms with E-state index in [9.17, 15) is 9.18 Å². The van der Waals surface area contributed by atoms with Gasteiger partial charge in [-0.05, 0) is 48.4 Å². The van der Waals surface area contributed by atoms with Crippen molar-refractivity contribution in [3.63, 3.8) is 0 Å². The summed E-state index contributed by atoms with van der Waals surface area (Å²) in [7, 11) is 1.61. The van der Waals surface area contributed by atoms with Crippen LogP contribution in [0.2, 0.25) is 0 Å². The first-order valence-corrected chi connectivity index (χ1v) is 7.27. The molecule has 3 rings (SSSR count). The van der Waals surface area contributed by atoms with Crippen molar-refractivity contribution in [2.24, 2.45) is 0 Å². The molecule has 3 aromatic rings. The number of aromatic amines is 1. The molecule has 5 heteroatoms. The van der Waals surface area contributed by atoms with Gasteiger partial charge in [0, 0.05) is 17.4 Å². The van der Waals surface area contributed by atoms with Gasteiger partial charge < -0.3 is 15.0 Å². The lowest BCUT2D eigenvalue weighted by Crippen LogP contribution is -2.23. The van der Waals surface area contributed by atoms with E-state index in [1.54, 1.807) is 19.2 Å². The number of hydrogen-bond donors (Lipinski definition) is 2. The number of carbonyl (C=O) groups is 1. The number of ether oxygens (including phenoxy) is 1. The minimum Gasteiger partial charge on any atom is -0.497 e. The molecule has 23 heavy (non-hydrogen) atoms. The molecule has 0 saturated carbocycles. The molecular weight excluding hydrogens is 295 g/mol. The van der Waals surface area contributed by atoms with Crippen LogP contribution in [0, 0.1) is 12.7 Å². The van der Waals surface area contributed by atoms with Gasteiger partial charge in [0.15, 0.2) is 0 Å². The highest BCUT2D eigenvalue weighted by atomic mass is 19.1. The molecule has 0 atom stereocenters. The first kappa shape index (κ1) is 15.1.